The van der Waals surface area contributed by atoms with Gasteiger partial charge in [0.15, 0.2) is 0 Å². The van der Waals surface area contributed by atoms with Gasteiger partial charge in [0, 0.05) is 82.0 Å². The van der Waals surface area contributed by atoms with Crippen LogP contribution < -0.4 is 18.9 Å². The van der Waals surface area contributed by atoms with Crippen molar-refractivity contribution in [2.75, 3.05) is 0 Å². The fourth-order valence-electron chi connectivity index (χ4n) is 14.3. The second-order valence-corrected chi connectivity index (χ2v) is 25.5. The van der Waals surface area contributed by atoms with E-state index in [4.69, 9.17) is 18.9 Å². The smallest absolute Gasteiger partial charge is 0.134 e. The van der Waals surface area contributed by atoms with E-state index in [1.807, 2.05) is 19.1 Å². The molecule has 8 aromatic rings. The van der Waals surface area contributed by atoms with Crippen LogP contribution in [0.2, 0.25) is 0 Å². The number of hydrogen-bond acceptors (Lipinski definition) is 9. The SMILES string of the molecule is Cc1ccc(C2Oc3c(c(O)cc(O)c3C3c4c(O)cc(O)cc4OC(c4ccc(C)c(C)c4)C3C)CC2C)cc1C.Cc1ccc(C2Oc3cc(C)c([C@H]4c5c(C)cc(O)cc5OC(c5ccc(C)c(C)c5)C4C)c(C)c3CC2C)cc1C. The summed E-state index contributed by atoms with van der Waals surface area (Å²) in [6, 6.07) is 36.0. The summed E-state index contributed by atoms with van der Waals surface area (Å²) in [6.45, 7) is 32.3. The first-order valence-corrected chi connectivity index (χ1v) is 29.9. The van der Waals surface area contributed by atoms with E-state index in [2.05, 4.69) is 170 Å². The van der Waals surface area contributed by atoms with Crippen LogP contribution in [0, 0.1) is 99.8 Å². The van der Waals surface area contributed by atoms with Crippen LogP contribution in [0.25, 0.3) is 0 Å². The molecule has 0 bridgehead atoms. The van der Waals surface area contributed by atoms with Crippen LogP contribution in [0.5, 0.6) is 51.7 Å². The third-order valence-electron chi connectivity index (χ3n) is 19.5. The van der Waals surface area contributed by atoms with Gasteiger partial charge in [0.1, 0.15) is 76.2 Å². The third-order valence-corrected chi connectivity index (χ3v) is 19.5. The topological polar surface area (TPSA) is 138 Å². The number of phenolic OH excluding ortho intramolecular Hbond substituents is 5. The largest absolute Gasteiger partial charge is 0.508 e. The van der Waals surface area contributed by atoms with Crippen molar-refractivity contribution in [1.29, 1.82) is 0 Å². The molecule has 436 valence electrons. The molecular formula is C75H82O9. The Kier molecular flexibility index (Phi) is 15.3. The predicted molar refractivity (Wildman–Crippen MR) is 333 cm³/mol. The lowest BCUT2D eigenvalue weighted by molar-refractivity contribution is 0.0988. The van der Waals surface area contributed by atoms with E-state index < -0.39 is 12.0 Å². The highest BCUT2D eigenvalue weighted by Gasteiger charge is 2.46. The normalized spacial score (nSPS) is 23.0. The molecule has 0 radical (unpaired) electrons. The number of hydrogen-bond donors (Lipinski definition) is 5. The fraction of sp³-hybridized carbons (Fsp3) is 0.360. The maximum absolute atomic E-state index is 11.5. The van der Waals surface area contributed by atoms with E-state index in [0.717, 1.165) is 40.2 Å². The molecule has 5 N–H and O–H groups in total. The number of aromatic hydroxyl groups is 5. The number of phenols is 5. The summed E-state index contributed by atoms with van der Waals surface area (Å²) >= 11 is 0. The fourth-order valence-corrected chi connectivity index (χ4v) is 14.3. The summed E-state index contributed by atoms with van der Waals surface area (Å²) in [5.41, 5.74) is 23.4. The number of rotatable bonds is 6. The molecular weight excluding hydrogens is 1040 g/mol. The minimum Gasteiger partial charge on any atom is -0.508 e. The van der Waals surface area contributed by atoms with Crippen LogP contribution >= 0.6 is 0 Å². The molecule has 12 rings (SSSR count). The number of ether oxygens (including phenoxy) is 4. The van der Waals surface area contributed by atoms with Gasteiger partial charge < -0.3 is 44.5 Å². The van der Waals surface area contributed by atoms with Crippen molar-refractivity contribution < 1.29 is 44.5 Å². The number of fused-ring (bicyclic) bond motifs is 4. The summed E-state index contributed by atoms with van der Waals surface area (Å²) in [7, 11) is 0. The van der Waals surface area contributed by atoms with Crippen molar-refractivity contribution >= 4 is 0 Å². The van der Waals surface area contributed by atoms with Gasteiger partial charge in [0.05, 0.1) is 0 Å². The molecule has 0 spiro atoms. The average molecular weight is 1130 g/mol. The minimum absolute atomic E-state index is 0.0165. The van der Waals surface area contributed by atoms with Gasteiger partial charge in [-0.2, -0.15) is 0 Å². The molecule has 4 aliphatic heterocycles. The Bertz CT molecular complexity index is 3900. The zero-order valence-corrected chi connectivity index (χ0v) is 51.4. The highest BCUT2D eigenvalue weighted by Crippen LogP contribution is 2.60. The maximum Gasteiger partial charge on any atom is 0.134 e. The molecule has 0 saturated heterocycles. The zero-order chi connectivity index (χ0) is 60.1. The van der Waals surface area contributed by atoms with Gasteiger partial charge in [-0.3, -0.25) is 0 Å². The summed E-state index contributed by atoms with van der Waals surface area (Å²) in [5.74, 6) is 2.35. The van der Waals surface area contributed by atoms with E-state index in [1.54, 1.807) is 6.07 Å². The molecule has 8 aromatic carbocycles. The summed E-state index contributed by atoms with van der Waals surface area (Å²) in [4.78, 5) is 0. The Labute approximate surface area is 496 Å². The second kappa shape index (κ2) is 22.2. The predicted octanol–water partition coefficient (Wildman–Crippen LogP) is 17.7. The van der Waals surface area contributed by atoms with Gasteiger partial charge in [-0.25, -0.2) is 0 Å². The van der Waals surface area contributed by atoms with Crippen molar-refractivity contribution in [2.45, 2.75) is 153 Å². The Morgan fingerprint density at radius 1 is 0.321 bits per heavy atom. The van der Waals surface area contributed by atoms with Crippen LogP contribution in [-0.4, -0.2) is 25.5 Å². The lowest BCUT2D eigenvalue weighted by Crippen LogP contribution is -2.31. The standard InChI is InChI=1S/C39H44O3.C36H38O6/c1-20-10-12-29(14-22(20)3)38-26(7)17-32-27(8)35(25(6)18-33(32)41-38)37-28(9)39(30-13-11-21(2)23(4)15-30)42-34-19-31(40)16-24(5)36(34)37;1-17-7-9-23(11-19(17)3)34-21(5)13-26-27(38)16-29(40)33(36(26)42-34)31-22(6)35(24-10-8-18(2)20(4)12-24)41-30-15-25(37)14-28(39)32(30)31/h10-16,18-19,26,28,37-40H,17H2,1-9H3;7-12,14-16,21-22,31,34-35,37-40H,13H2,1-6H3/t26?,28?,37-,38?,39?;/m0./s1. The van der Waals surface area contributed by atoms with Gasteiger partial charge in [0.2, 0.25) is 0 Å². The molecule has 0 fully saturated rings. The van der Waals surface area contributed by atoms with Crippen molar-refractivity contribution in [3.8, 4) is 51.7 Å². The van der Waals surface area contributed by atoms with Crippen molar-refractivity contribution in [3.63, 3.8) is 0 Å². The molecule has 9 unspecified atom stereocenters. The molecule has 10 atom stereocenters. The average Bonchev–Trinajstić information content (AvgIpc) is 0.977. The van der Waals surface area contributed by atoms with Crippen LogP contribution in [-0.2, 0) is 12.8 Å². The molecule has 9 nitrogen and oxygen atoms in total. The Morgan fingerprint density at radius 2 is 0.714 bits per heavy atom. The van der Waals surface area contributed by atoms with Crippen molar-refractivity contribution in [3.05, 3.63) is 226 Å². The lowest BCUT2D eigenvalue weighted by Gasteiger charge is -2.42. The summed E-state index contributed by atoms with van der Waals surface area (Å²) in [5, 5.41) is 54.7. The maximum atomic E-state index is 11.5. The minimum atomic E-state index is -0.566. The first kappa shape index (κ1) is 57.8. The highest BCUT2D eigenvalue weighted by atomic mass is 16.5. The molecule has 9 heteroatoms. The highest BCUT2D eigenvalue weighted by molar-refractivity contribution is 5.66. The third kappa shape index (κ3) is 10.3. The van der Waals surface area contributed by atoms with Gasteiger partial charge in [-0.05, 0) is 196 Å². The number of aryl methyl sites for hydroxylation is 10. The van der Waals surface area contributed by atoms with Crippen LogP contribution in [0.3, 0.4) is 0 Å². The molecule has 0 amide bonds. The first-order chi connectivity index (χ1) is 39.9. The van der Waals surface area contributed by atoms with E-state index in [9.17, 15) is 25.5 Å². The molecule has 0 aromatic heterocycles. The second-order valence-electron chi connectivity index (χ2n) is 25.5. The quantitative estimate of drug-likeness (QED) is 0.110. The van der Waals surface area contributed by atoms with Crippen molar-refractivity contribution in [2.24, 2.45) is 23.7 Å². The molecule has 84 heavy (non-hydrogen) atoms. The van der Waals surface area contributed by atoms with E-state index in [0.29, 0.717) is 40.5 Å². The molecule has 4 aliphatic rings. The summed E-state index contributed by atoms with van der Waals surface area (Å²) < 4.78 is 26.8. The Hall–Kier alpha value is -8.04. The van der Waals surface area contributed by atoms with Crippen LogP contribution in [0.15, 0.2) is 109 Å². The Morgan fingerprint density at radius 3 is 1.20 bits per heavy atom. The molecule has 4 heterocycles. The molecule has 0 saturated carbocycles. The lowest BCUT2D eigenvalue weighted by atomic mass is 9.70. The van der Waals surface area contributed by atoms with Crippen LogP contribution in [0.4, 0.5) is 0 Å². The first-order valence-electron chi connectivity index (χ1n) is 29.9. The summed E-state index contributed by atoms with van der Waals surface area (Å²) in [6.07, 6.45) is 0.718. The number of benzene rings is 8. The van der Waals surface area contributed by atoms with Crippen molar-refractivity contribution in [1.82, 2.24) is 0 Å². The van der Waals surface area contributed by atoms with E-state index in [-0.39, 0.29) is 70.7 Å². The van der Waals surface area contributed by atoms with Gasteiger partial charge in [-0.15, -0.1) is 0 Å². The molecule has 0 aliphatic carbocycles. The van der Waals surface area contributed by atoms with Gasteiger partial charge in [0.25, 0.3) is 0 Å². The van der Waals surface area contributed by atoms with Crippen LogP contribution in [0.1, 0.15) is 181 Å². The monoisotopic (exact) mass is 1130 g/mol. The van der Waals surface area contributed by atoms with Gasteiger partial charge >= 0.3 is 0 Å². The van der Waals surface area contributed by atoms with E-state index in [1.165, 1.54) is 96.1 Å². The zero-order valence-electron chi connectivity index (χ0n) is 51.4. The van der Waals surface area contributed by atoms with Gasteiger partial charge in [-0.1, -0.05) is 100 Å². The van der Waals surface area contributed by atoms with E-state index >= 15 is 0 Å². The Balaban J connectivity index is 0.000000175.